The van der Waals surface area contributed by atoms with E-state index in [4.69, 9.17) is 11.1 Å². The van der Waals surface area contributed by atoms with E-state index in [1.54, 1.807) is 6.07 Å². The number of nitrogen functional groups attached to an aromatic ring is 1. The summed E-state index contributed by atoms with van der Waals surface area (Å²) < 4.78 is 0. The molecule has 1 rings (SSSR count). The van der Waals surface area contributed by atoms with Crippen molar-refractivity contribution in [2.24, 2.45) is 5.84 Å². The fourth-order valence-electron chi connectivity index (χ4n) is 1.62. The van der Waals surface area contributed by atoms with E-state index in [1.807, 2.05) is 11.8 Å². The number of benzene rings is 1. The van der Waals surface area contributed by atoms with Crippen molar-refractivity contribution in [1.29, 1.82) is 5.26 Å². The van der Waals surface area contributed by atoms with Crippen LogP contribution in [0.15, 0.2) is 18.2 Å². The third-order valence-corrected chi connectivity index (χ3v) is 2.52. The van der Waals surface area contributed by atoms with Crippen LogP contribution in [-0.4, -0.2) is 18.0 Å². The highest BCUT2D eigenvalue weighted by Gasteiger charge is 2.13. The third-order valence-electron chi connectivity index (χ3n) is 2.52. The summed E-state index contributed by atoms with van der Waals surface area (Å²) in [6.45, 7) is 3.11. The third kappa shape index (κ3) is 3.33. The Kier molecular flexibility index (Phi) is 4.90. The molecule has 96 valence electrons. The largest absolute Gasteiger partial charge is 0.371 e. The molecule has 0 saturated heterocycles. The van der Waals surface area contributed by atoms with Crippen LogP contribution < -0.4 is 16.2 Å². The first kappa shape index (κ1) is 13.7. The van der Waals surface area contributed by atoms with Gasteiger partial charge in [0.1, 0.15) is 0 Å². The quantitative estimate of drug-likeness (QED) is 0.450. The Morgan fingerprint density at radius 3 is 2.78 bits per heavy atom. The summed E-state index contributed by atoms with van der Waals surface area (Å²) >= 11 is 0. The van der Waals surface area contributed by atoms with Crippen LogP contribution in [0.1, 0.15) is 13.3 Å². The molecule has 0 aliphatic rings. The zero-order valence-corrected chi connectivity index (χ0v) is 10.1. The number of rotatable bonds is 6. The number of nitrogens with two attached hydrogens (primary N) is 1. The highest BCUT2D eigenvalue weighted by Crippen LogP contribution is 2.26. The molecule has 3 N–H and O–H groups in total. The molecule has 7 heteroatoms. The maximum Gasteiger partial charge on any atom is 0.273 e. The Bertz CT molecular complexity index is 469. The van der Waals surface area contributed by atoms with E-state index >= 15 is 0 Å². The average Bonchev–Trinajstić information content (AvgIpc) is 2.39. The van der Waals surface area contributed by atoms with E-state index < -0.39 is 4.92 Å². The smallest absolute Gasteiger partial charge is 0.273 e. The van der Waals surface area contributed by atoms with Gasteiger partial charge in [0.05, 0.1) is 23.1 Å². The Balaban J connectivity index is 3.09. The van der Waals surface area contributed by atoms with Crippen LogP contribution in [0.4, 0.5) is 17.1 Å². The standard InChI is InChI=1S/C11H15N5O2/c1-2-15(5-3-4-12)10-6-9(14-13)7-11(8-10)16(17)18/h6-8,14H,2-3,5,13H2,1H3. The molecule has 18 heavy (non-hydrogen) atoms. The normalized spacial score (nSPS) is 9.61. The fourth-order valence-corrected chi connectivity index (χ4v) is 1.62. The van der Waals surface area contributed by atoms with Crippen molar-refractivity contribution < 1.29 is 4.92 Å². The summed E-state index contributed by atoms with van der Waals surface area (Å²) in [6, 6.07) is 6.61. The molecule has 1 aromatic carbocycles. The zero-order chi connectivity index (χ0) is 13.5. The van der Waals surface area contributed by atoms with E-state index in [0.717, 1.165) is 0 Å². The van der Waals surface area contributed by atoms with Crippen LogP contribution >= 0.6 is 0 Å². The van der Waals surface area contributed by atoms with Crippen LogP contribution in [0.2, 0.25) is 0 Å². The lowest BCUT2D eigenvalue weighted by Gasteiger charge is -2.22. The van der Waals surface area contributed by atoms with Gasteiger partial charge >= 0.3 is 0 Å². The lowest BCUT2D eigenvalue weighted by atomic mass is 10.2. The van der Waals surface area contributed by atoms with E-state index in [9.17, 15) is 10.1 Å². The van der Waals surface area contributed by atoms with E-state index in [1.165, 1.54) is 12.1 Å². The number of nitriles is 1. The van der Waals surface area contributed by atoms with Crippen molar-refractivity contribution in [2.75, 3.05) is 23.4 Å². The number of nitrogens with zero attached hydrogens (tertiary/aromatic N) is 3. The van der Waals surface area contributed by atoms with Gasteiger partial charge in [-0.25, -0.2) is 0 Å². The van der Waals surface area contributed by atoms with Crippen LogP contribution in [0.5, 0.6) is 0 Å². The van der Waals surface area contributed by atoms with Crippen LogP contribution in [-0.2, 0) is 0 Å². The Morgan fingerprint density at radius 2 is 2.28 bits per heavy atom. The topological polar surface area (TPSA) is 108 Å². The van der Waals surface area contributed by atoms with E-state index in [0.29, 0.717) is 30.9 Å². The minimum atomic E-state index is -0.470. The molecular formula is C11H15N5O2. The zero-order valence-electron chi connectivity index (χ0n) is 10.1. The van der Waals surface area contributed by atoms with E-state index in [2.05, 4.69) is 11.5 Å². The van der Waals surface area contributed by atoms with Gasteiger partial charge in [-0.15, -0.1) is 0 Å². The van der Waals surface area contributed by atoms with Gasteiger partial charge in [0, 0.05) is 30.9 Å². The molecule has 0 spiro atoms. The van der Waals surface area contributed by atoms with Gasteiger partial charge in [-0.2, -0.15) is 5.26 Å². The van der Waals surface area contributed by atoms with Gasteiger partial charge in [0.2, 0.25) is 0 Å². The number of anilines is 2. The minimum Gasteiger partial charge on any atom is -0.371 e. The van der Waals surface area contributed by atoms with Gasteiger partial charge in [-0.3, -0.25) is 16.0 Å². The fraction of sp³-hybridized carbons (Fsp3) is 0.364. The molecule has 0 aliphatic heterocycles. The molecule has 0 bridgehead atoms. The van der Waals surface area contributed by atoms with Gasteiger partial charge in [0.25, 0.3) is 5.69 Å². The van der Waals surface area contributed by atoms with Crippen LogP contribution in [0, 0.1) is 21.4 Å². The SMILES string of the molecule is CCN(CCC#N)c1cc(NN)cc([N+](=O)[O-])c1. The molecule has 0 aliphatic carbocycles. The molecule has 0 fully saturated rings. The van der Waals surface area contributed by atoms with Crippen molar-refractivity contribution in [3.05, 3.63) is 28.3 Å². The Morgan fingerprint density at radius 1 is 1.56 bits per heavy atom. The number of nitro benzene ring substituents is 1. The second-order valence-electron chi connectivity index (χ2n) is 3.63. The molecule has 0 radical (unpaired) electrons. The molecular weight excluding hydrogens is 234 g/mol. The van der Waals surface area contributed by atoms with E-state index in [-0.39, 0.29) is 5.69 Å². The van der Waals surface area contributed by atoms with Gasteiger partial charge in [-0.05, 0) is 13.0 Å². The second kappa shape index (κ2) is 6.42. The average molecular weight is 249 g/mol. The highest BCUT2D eigenvalue weighted by molar-refractivity contribution is 5.64. The molecule has 1 aromatic rings. The summed E-state index contributed by atoms with van der Waals surface area (Å²) in [6.07, 6.45) is 0.363. The van der Waals surface area contributed by atoms with Crippen molar-refractivity contribution in [1.82, 2.24) is 0 Å². The predicted octanol–water partition coefficient (Wildman–Crippen LogP) is 1.62. The van der Waals surface area contributed by atoms with Crippen LogP contribution in [0.25, 0.3) is 0 Å². The molecule has 0 unspecified atom stereocenters. The highest BCUT2D eigenvalue weighted by atomic mass is 16.6. The van der Waals surface area contributed by atoms with Gasteiger partial charge < -0.3 is 10.3 Å². The summed E-state index contributed by atoms with van der Waals surface area (Å²) in [5.74, 6) is 5.29. The first-order chi connectivity index (χ1) is 8.62. The van der Waals surface area contributed by atoms with Gasteiger partial charge in [-0.1, -0.05) is 0 Å². The lowest BCUT2D eigenvalue weighted by Crippen LogP contribution is -2.24. The van der Waals surface area contributed by atoms with Crippen molar-refractivity contribution in [2.45, 2.75) is 13.3 Å². The number of hydrazine groups is 1. The second-order valence-corrected chi connectivity index (χ2v) is 3.63. The Hall–Kier alpha value is -2.33. The number of hydrogen-bond acceptors (Lipinski definition) is 6. The summed E-state index contributed by atoms with van der Waals surface area (Å²) in [4.78, 5) is 12.2. The number of nitrogens with one attached hydrogen (secondary N) is 1. The molecule has 0 heterocycles. The molecule has 0 atom stereocenters. The number of nitro groups is 1. The van der Waals surface area contributed by atoms with Crippen molar-refractivity contribution in [3.8, 4) is 6.07 Å². The summed E-state index contributed by atoms with van der Waals surface area (Å²) in [5, 5.41) is 19.4. The number of hydrogen-bond donors (Lipinski definition) is 2. The summed E-state index contributed by atoms with van der Waals surface area (Å²) in [5.41, 5.74) is 3.51. The lowest BCUT2D eigenvalue weighted by molar-refractivity contribution is -0.384. The molecule has 0 aromatic heterocycles. The maximum atomic E-state index is 10.8. The molecule has 0 saturated carbocycles. The molecule has 7 nitrogen and oxygen atoms in total. The van der Waals surface area contributed by atoms with Crippen molar-refractivity contribution in [3.63, 3.8) is 0 Å². The van der Waals surface area contributed by atoms with Crippen LogP contribution in [0.3, 0.4) is 0 Å². The number of non-ortho nitro benzene ring substituents is 1. The maximum absolute atomic E-state index is 10.8. The predicted molar refractivity (Wildman–Crippen MR) is 69.0 cm³/mol. The first-order valence-corrected chi connectivity index (χ1v) is 5.50. The first-order valence-electron chi connectivity index (χ1n) is 5.50. The van der Waals surface area contributed by atoms with Gasteiger partial charge in [0.15, 0.2) is 0 Å². The Labute approximate surface area is 105 Å². The minimum absolute atomic E-state index is 0.0316. The molecule has 0 amide bonds. The summed E-state index contributed by atoms with van der Waals surface area (Å²) in [7, 11) is 0. The van der Waals surface area contributed by atoms with Crippen molar-refractivity contribution >= 4 is 17.1 Å². The monoisotopic (exact) mass is 249 g/mol.